The van der Waals surface area contributed by atoms with E-state index in [4.69, 9.17) is 11.6 Å². The average molecular weight is 362 g/mol. The molecule has 0 aliphatic carbocycles. The van der Waals surface area contributed by atoms with E-state index < -0.39 is 0 Å². The quantitative estimate of drug-likeness (QED) is 0.870. The molecule has 1 fully saturated rings. The zero-order chi connectivity index (χ0) is 17.8. The molecule has 1 aliphatic heterocycles. The summed E-state index contributed by atoms with van der Waals surface area (Å²) in [5.74, 6) is -0.00129. The highest BCUT2D eigenvalue weighted by Crippen LogP contribution is 2.22. The molecule has 0 spiro atoms. The van der Waals surface area contributed by atoms with Crippen LogP contribution in [-0.4, -0.2) is 60.4 Å². The highest BCUT2D eigenvalue weighted by atomic mass is 35.5. The monoisotopic (exact) mass is 361 g/mol. The summed E-state index contributed by atoms with van der Waals surface area (Å²) in [4.78, 5) is 28.1. The van der Waals surface area contributed by atoms with Gasteiger partial charge in [-0.05, 0) is 12.1 Å². The summed E-state index contributed by atoms with van der Waals surface area (Å²) in [5.41, 5.74) is 0.980. The second-order valence-corrected chi connectivity index (χ2v) is 6.21. The van der Waals surface area contributed by atoms with Crippen LogP contribution in [0, 0.1) is 0 Å². The molecule has 1 saturated heterocycles. The Morgan fingerprint density at radius 3 is 2.52 bits per heavy atom. The predicted octanol–water partition coefficient (Wildman–Crippen LogP) is 0.754. The lowest BCUT2D eigenvalue weighted by atomic mass is 10.2. The number of anilines is 1. The number of hydrogen-bond acceptors (Lipinski definition) is 5. The van der Waals surface area contributed by atoms with Crippen molar-refractivity contribution >= 4 is 23.2 Å². The number of piperazine rings is 1. The Morgan fingerprint density at radius 1 is 1.20 bits per heavy atom. The molecule has 1 N–H and O–H groups in total. The lowest BCUT2D eigenvalue weighted by Crippen LogP contribution is -2.49. The minimum atomic E-state index is -0.335. The van der Waals surface area contributed by atoms with Gasteiger partial charge in [0.2, 0.25) is 5.91 Å². The molecule has 3 rings (SSSR count). The van der Waals surface area contributed by atoms with Crippen molar-refractivity contribution < 1.29 is 4.79 Å². The molecule has 2 heterocycles. The van der Waals surface area contributed by atoms with Crippen LogP contribution in [0.2, 0.25) is 5.02 Å². The Hall–Kier alpha value is -2.38. The van der Waals surface area contributed by atoms with E-state index in [0.29, 0.717) is 31.0 Å². The lowest BCUT2D eigenvalue weighted by Gasteiger charge is -2.35. The summed E-state index contributed by atoms with van der Waals surface area (Å²) >= 11 is 6.33. The molecule has 1 aromatic carbocycles. The molecule has 1 aliphatic rings. The van der Waals surface area contributed by atoms with Crippen molar-refractivity contribution in [2.24, 2.45) is 0 Å². The fourth-order valence-corrected chi connectivity index (χ4v) is 3.08. The van der Waals surface area contributed by atoms with Crippen LogP contribution in [0.4, 0.5) is 5.69 Å². The van der Waals surface area contributed by atoms with Crippen LogP contribution < -0.4 is 15.8 Å². The van der Waals surface area contributed by atoms with Crippen molar-refractivity contribution in [3.63, 3.8) is 0 Å². The summed E-state index contributed by atoms with van der Waals surface area (Å²) in [5, 5.41) is 7.06. The average Bonchev–Trinajstić information content (AvgIpc) is 2.65. The second-order valence-electron chi connectivity index (χ2n) is 5.83. The fraction of sp³-hybridized carbons (Fsp3) is 0.353. The smallest absolute Gasteiger partial charge is 0.292 e. The number of nitrogens with zero attached hydrogens (tertiary/aromatic N) is 4. The maximum absolute atomic E-state index is 12.6. The standard InChI is InChI=1S/C17H20ClN5O2/c1-19-15(24)12-21-7-9-22(10-8-21)14-11-20-23(17(25)16(14)18)13-5-3-2-4-6-13/h2-6,11H,7-10,12H2,1H3,(H,19,24). The van der Waals surface area contributed by atoms with E-state index in [1.54, 1.807) is 13.2 Å². The van der Waals surface area contributed by atoms with Crippen molar-refractivity contribution in [1.29, 1.82) is 0 Å². The molecule has 1 aromatic heterocycles. The number of benzene rings is 1. The van der Waals surface area contributed by atoms with E-state index in [1.165, 1.54) is 4.68 Å². The van der Waals surface area contributed by atoms with Crippen molar-refractivity contribution in [2.75, 3.05) is 44.7 Å². The van der Waals surface area contributed by atoms with Crippen LogP contribution in [0.3, 0.4) is 0 Å². The van der Waals surface area contributed by atoms with Gasteiger partial charge in [0.1, 0.15) is 5.02 Å². The van der Waals surface area contributed by atoms with Crippen molar-refractivity contribution in [3.8, 4) is 5.69 Å². The normalized spacial score (nSPS) is 15.2. The van der Waals surface area contributed by atoms with Crippen LogP contribution in [0.25, 0.3) is 5.69 Å². The molecule has 1 amide bonds. The number of carbonyl (C=O) groups excluding carboxylic acids is 1. The molecular weight excluding hydrogens is 342 g/mol. The number of amides is 1. The van der Waals surface area contributed by atoms with Gasteiger partial charge in [-0.2, -0.15) is 9.78 Å². The van der Waals surface area contributed by atoms with Crippen molar-refractivity contribution in [2.45, 2.75) is 0 Å². The molecule has 132 valence electrons. The summed E-state index contributed by atoms with van der Waals surface area (Å²) < 4.78 is 1.30. The molecule has 8 heteroatoms. The van der Waals surface area contributed by atoms with Crippen LogP contribution in [-0.2, 0) is 4.79 Å². The lowest BCUT2D eigenvalue weighted by molar-refractivity contribution is -0.121. The zero-order valence-electron chi connectivity index (χ0n) is 14.0. The van der Waals surface area contributed by atoms with Gasteiger partial charge in [0.05, 0.1) is 24.1 Å². The van der Waals surface area contributed by atoms with Crippen LogP contribution in [0.1, 0.15) is 0 Å². The molecule has 2 aromatic rings. The number of likely N-dealkylation sites (N-methyl/N-ethyl adjacent to an activating group) is 1. The van der Waals surface area contributed by atoms with Gasteiger partial charge in [-0.1, -0.05) is 29.8 Å². The van der Waals surface area contributed by atoms with Gasteiger partial charge >= 0.3 is 0 Å². The van der Waals surface area contributed by atoms with Crippen LogP contribution in [0.15, 0.2) is 41.3 Å². The minimum absolute atomic E-state index is 0.00129. The Balaban J connectivity index is 1.75. The number of halogens is 1. The summed E-state index contributed by atoms with van der Waals surface area (Å²) in [7, 11) is 1.63. The maximum atomic E-state index is 12.6. The topological polar surface area (TPSA) is 70.5 Å². The summed E-state index contributed by atoms with van der Waals surface area (Å²) in [6.07, 6.45) is 1.63. The Kier molecular flexibility index (Phi) is 5.35. The van der Waals surface area contributed by atoms with E-state index in [9.17, 15) is 9.59 Å². The first-order valence-electron chi connectivity index (χ1n) is 8.11. The molecule has 7 nitrogen and oxygen atoms in total. The van der Waals surface area contributed by atoms with Crippen molar-refractivity contribution in [1.82, 2.24) is 20.0 Å². The first-order chi connectivity index (χ1) is 12.1. The number of nitrogens with one attached hydrogen (secondary N) is 1. The van der Waals surface area contributed by atoms with E-state index in [0.717, 1.165) is 13.1 Å². The van der Waals surface area contributed by atoms with Crippen LogP contribution in [0.5, 0.6) is 0 Å². The number of aromatic nitrogens is 2. The number of rotatable bonds is 4. The van der Waals surface area contributed by atoms with Gasteiger partial charge in [0.15, 0.2) is 0 Å². The molecule has 0 saturated carbocycles. The predicted molar refractivity (Wildman–Crippen MR) is 97.6 cm³/mol. The molecule has 0 radical (unpaired) electrons. The first-order valence-corrected chi connectivity index (χ1v) is 8.49. The third-order valence-electron chi connectivity index (χ3n) is 4.26. The van der Waals surface area contributed by atoms with E-state index in [2.05, 4.69) is 15.3 Å². The Bertz CT molecular complexity index is 800. The number of hydrogen-bond donors (Lipinski definition) is 1. The molecule has 0 bridgehead atoms. The molecule has 25 heavy (non-hydrogen) atoms. The maximum Gasteiger partial charge on any atom is 0.292 e. The van der Waals surface area contributed by atoms with Crippen molar-refractivity contribution in [3.05, 3.63) is 51.9 Å². The first kappa shape index (κ1) is 17.4. The summed E-state index contributed by atoms with van der Waals surface area (Å²) in [6, 6.07) is 9.18. The zero-order valence-corrected chi connectivity index (χ0v) is 14.7. The highest BCUT2D eigenvalue weighted by molar-refractivity contribution is 6.33. The number of carbonyl (C=O) groups is 1. The molecular formula is C17H20ClN5O2. The largest absolute Gasteiger partial charge is 0.366 e. The van der Waals surface area contributed by atoms with E-state index in [1.807, 2.05) is 35.2 Å². The third kappa shape index (κ3) is 3.83. The second kappa shape index (κ2) is 7.67. The van der Waals surface area contributed by atoms with Gasteiger partial charge in [-0.25, -0.2) is 0 Å². The third-order valence-corrected chi connectivity index (χ3v) is 4.62. The number of para-hydroxylation sites is 1. The Labute approximate surface area is 150 Å². The Morgan fingerprint density at radius 2 is 1.88 bits per heavy atom. The molecule has 0 unspecified atom stereocenters. The minimum Gasteiger partial charge on any atom is -0.366 e. The van der Waals surface area contributed by atoms with Gasteiger partial charge in [-0.15, -0.1) is 0 Å². The van der Waals surface area contributed by atoms with Gasteiger partial charge in [-0.3, -0.25) is 14.5 Å². The highest BCUT2D eigenvalue weighted by Gasteiger charge is 2.22. The van der Waals surface area contributed by atoms with Gasteiger partial charge < -0.3 is 10.2 Å². The molecule has 0 atom stereocenters. The van der Waals surface area contributed by atoms with E-state index >= 15 is 0 Å². The van der Waals surface area contributed by atoms with Gasteiger partial charge in [0, 0.05) is 33.2 Å². The van der Waals surface area contributed by atoms with Crippen LogP contribution >= 0.6 is 11.6 Å². The SMILES string of the molecule is CNC(=O)CN1CCN(c2cnn(-c3ccccc3)c(=O)c2Cl)CC1. The van der Waals surface area contributed by atoms with Gasteiger partial charge in [0.25, 0.3) is 5.56 Å². The van der Waals surface area contributed by atoms with E-state index in [-0.39, 0.29) is 16.5 Å². The summed E-state index contributed by atoms with van der Waals surface area (Å²) in [6.45, 7) is 3.21. The fourth-order valence-electron chi connectivity index (χ4n) is 2.83.